The molecule has 2 aromatic carbocycles. The lowest BCUT2D eigenvalue weighted by atomic mass is 10.0. The first kappa shape index (κ1) is 27.1. The Labute approximate surface area is 232 Å². The van der Waals surface area contributed by atoms with Gasteiger partial charge in [-0.15, -0.1) is 4.98 Å². The Morgan fingerprint density at radius 3 is 2.60 bits per heavy atom. The van der Waals surface area contributed by atoms with Gasteiger partial charge in [-0.1, -0.05) is 36.9 Å². The third kappa shape index (κ3) is 5.76. The zero-order valence-corrected chi connectivity index (χ0v) is 22.7. The van der Waals surface area contributed by atoms with E-state index in [-0.39, 0.29) is 18.5 Å². The van der Waals surface area contributed by atoms with Crippen LogP contribution < -0.4 is 5.32 Å². The highest BCUT2D eigenvalue weighted by Gasteiger charge is 2.23. The maximum Gasteiger partial charge on any atom is 0.355 e. The number of pyridine rings is 1. The van der Waals surface area contributed by atoms with Crippen LogP contribution in [0.15, 0.2) is 54.6 Å². The third-order valence-corrected chi connectivity index (χ3v) is 7.13. The van der Waals surface area contributed by atoms with Gasteiger partial charge >= 0.3 is 12.0 Å². The molecule has 5 rings (SSSR count). The number of anilines is 1. The number of amides is 2. The van der Waals surface area contributed by atoms with Gasteiger partial charge in [0.25, 0.3) is 5.82 Å². The zero-order valence-electron chi connectivity index (χ0n) is 22.7. The molecule has 1 aliphatic heterocycles. The van der Waals surface area contributed by atoms with Gasteiger partial charge in [0.05, 0.1) is 19.8 Å². The minimum atomic E-state index is -0.455. The Morgan fingerprint density at radius 1 is 1.05 bits per heavy atom. The van der Waals surface area contributed by atoms with E-state index in [0.29, 0.717) is 43.3 Å². The Morgan fingerprint density at radius 2 is 1.85 bits per heavy atom. The number of rotatable bonds is 8. The Bertz CT molecular complexity index is 1580. The van der Waals surface area contributed by atoms with Crippen molar-refractivity contribution in [3.05, 3.63) is 77.3 Å². The van der Waals surface area contributed by atoms with Crippen molar-refractivity contribution in [2.24, 2.45) is 0 Å². The number of hydrogen-bond acceptors (Lipinski definition) is 6. The van der Waals surface area contributed by atoms with Crippen molar-refractivity contribution in [3.63, 3.8) is 0 Å². The minimum absolute atomic E-state index is 0.144. The van der Waals surface area contributed by atoms with Crippen molar-refractivity contribution in [1.29, 1.82) is 0 Å². The standard InChI is InChI=1S/C30H32N6O4/c1-4-40-29(37)26-19-22-9-10-27(31-2)33-28(22)36(26)20-23-18-24(17-21-7-5-6-8-25(21)23)32-30(38)35-13-11-34(12-14-35)15-16-39-3/h5-10,17-19H,4,11-16,20H2,1,3H3,(H,32,38). The Kier molecular flexibility index (Phi) is 8.24. The van der Waals surface area contributed by atoms with Crippen molar-refractivity contribution in [2.75, 3.05) is 58.4 Å². The van der Waals surface area contributed by atoms with Crippen LogP contribution in [0.1, 0.15) is 23.0 Å². The Hall–Kier alpha value is -4.46. The molecule has 10 heteroatoms. The number of hydrogen-bond donors (Lipinski definition) is 1. The lowest BCUT2D eigenvalue weighted by molar-refractivity contribution is 0.0515. The van der Waals surface area contributed by atoms with Gasteiger partial charge < -0.3 is 24.5 Å². The molecule has 0 spiro atoms. The summed E-state index contributed by atoms with van der Waals surface area (Å²) in [5.74, 6) is -0.210. The fraction of sp³-hybridized carbons (Fsp3) is 0.333. The van der Waals surface area contributed by atoms with Gasteiger partial charge in [0.1, 0.15) is 5.69 Å². The van der Waals surface area contributed by atoms with Crippen molar-refractivity contribution < 1.29 is 19.1 Å². The van der Waals surface area contributed by atoms with Crippen molar-refractivity contribution in [2.45, 2.75) is 13.5 Å². The number of aromatic nitrogens is 2. The molecular weight excluding hydrogens is 508 g/mol. The van der Waals surface area contributed by atoms with Gasteiger partial charge in [0.2, 0.25) is 5.65 Å². The molecular formula is C30H32N6O4. The second kappa shape index (κ2) is 12.2. The fourth-order valence-electron chi connectivity index (χ4n) is 5.07. The molecule has 206 valence electrons. The number of benzene rings is 2. The molecule has 0 aliphatic carbocycles. The normalized spacial score (nSPS) is 13.9. The van der Waals surface area contributed by atoms with Crippen molar-refractivity contribution in [1.82, 2.24) is 19.4 Å². The van der Waals surface area contributed by atoms with Gasteiger partial charge in [-0.25, -0.2) is 9.59 Å². The third-order valence-electron chi connectivity index (χ3n) is 7.13. The van der Waals surface area contributed by atoms with E-state index in [1.807, 2.05) is 41.3 Å². The number of piperazine rings is 1. The number of nitrogens with one attached hydrogen (secondary N) is 1. The van der Waals surface area contributed by atoms with E-state index >= 15 is 0 Å². The fourth-order valence-corrected chi connectivity index (χ4v) is 5.07. The lowest BCUT2D eigenvalue weighted by Crippen LogP contribution is -2.50. The second-order valence-corrected chi connectivity index (χ2v) is 9.64. The van der Waals surface area contributed by atoms with Crippen LogP contribution in [-0.2, 0) is 16.0 Å². The largest absolute Gasteiger partial charge is 0.461 e. The molecule has 1 N–H and O–H groups in total. The highest BCUT2D eigenvalue weighted by molar-refractivity contribution is 5.97. The van der Waals surface area contributed by atoms with Crippen LogP contribution in [0.3, 0.4) is 0 Å². The highest BCUT2D eigenvalue weighted by Crippen LogP contribution is 2.29. The van der Waals surface area contributed by atoms with Gasteiger partial charge in [-0.3, -0.25) is 9.47 Å². The molecule has 3 heterocycles. The van der Waals surface area contributed by atoms with E-state index in [9.17, 15) is 9.59 Å². The zero-order chi connectivity index (χ0) is 28.1. The number of carbonyl (C=O) groups excluding carboxylic acids is 2. The summed E-state index contributed by atoms with van der Waals surface area (Å²) < 4.78 is 12.3. The van der Waals surface area contributed by atoms with Crippen molar-refractivity contribution >= 4 is 45.3 Å². The molecule has 0 unspecified atom stereocenters. The van der Waals surface area contributed by atoms with Crippen LogP contribution in [0.4, 0.5) is 16.3 Å². The van der Waals surface area contributed by atoms with Crippen LogP contribution in [0.5, 0.6) is 0 Å². The molecule has 0 bridgehead atoms. The van der Waals surface area contributed by atoms with Gasteiger partial charge in [-0.2, -0.15) is 0 Å². The molecule has 1 aliphatic rings. The summed E-state index contributed by atoms with van der Waals surface area (Å²) in [6, 6.07) is 16.9. The molecule has 1 saturated heterocycles. The molecule has 2 aromatic heterocycles. The Balaban J connectivity index is 1.46. The maximum atomic E-state index is 13.2. The summed E-state index contributed by atoms with van der Waals surface area (Å²) in [4.78, 5) is 38.2. The number of ether oxygens (including phenoxy) is 2. The first-order valence-electron chi connectivity index (χ1n) is 13.3. The van der Waals surface area contributed by atoms with E-state index < -0.39 is 5.97 Å². The van der Waals surface area contributed by atoms with Crippen molar-refractivity contribution in [3.8, 4) is 0 Å². The van der Waals surface area contributed by atoms with Crippen LogP contribution in [0.2, 0.25) is 0 Å². The topological polar surface area (TPSA) is 93.3 Å². The van der Waals surface area contributed by atoms with Gasteiger partial charge in [0, 0.05) is 50.9 Å². The smallest absolute Gasteiger partial charge is 0.355 e. The van der Waals surface area contributed by atoms with E-state index in [2.05, 4.69) is 20.0 Å². The number of carbonyl (C=O) groups is 2. The van der Waals surface area contributed by atoms with E-state index in [0.717, 1.165) is 41.4 Å². The maximum absolute atomic E-state index is 13.2. The predicted octanol–water partition coefficient (Wildman–Crippen LogP) is 4.76. The number of esters is 1. The molecule has 0 saturated carbocycles. The molecule has 0 atom stereocenters. The number of methoxy groups -OCH3 is 1. The van der Waals surface area contributed by atoms with E-state index in [1.165, 1.54) is 0 Å². The molecule has 1 fully saturated rings. The second-order valence-electron chi connectivity index (χ2n) is 9.64. The average molecular weight is 541 g/mol. The monoisotopic (exact) mass is 540 g/mol. The van der Waals surface area contributed by atoms with E-state index in [4.69, 9.17) is 16.0 Å². The summed E-state index contributed by atoms with van der Waals surface area (Å²) in [5, 5.41) is 5.78. The first-order chi connectivity index (χ1) is 19.5. The summed E-state index contributed by atoms with van der Waals surface area (Å²) in [5.41, 5.74) is 2.46. The SMILES string of the molecule is [C-]#[N+]c1ccc2cc(C(=O)OCC)n(Cc3cc(NC(=O)N4CCN(CCOC)CC4)cc4ccccc34)c2n1. The number of fused-ring (bicyclic) bond motifs is 2. The molecule has 40 heavy (non-hydrogen) atoms. The predicted molar refractivity (Wildman–Crippen MR) is 154 cm³/mol. The lowest BCUT2D eigenvalue weighted by Gasteiger charge is -2.34. The quantitative estimate of drug-likeness (QED) is 0.256. The summed E-state index contributed by atoms with van der Waals surface area (Å²) in [7, 11) is 1.69. The molecule has 2 amide bonds. The highest BCUT2D eigenvalue weighted by atomic mass is 16.5. The van der Waals surface area contributed by atoms with Crippen LogP contribution in [0.25, 0.3) is 26.7 Å². The van der Waals surface area contributed by atoms with Crippen LogP contribution >= 0.6 is 0 Å². The van der Waals surface area contributed by atoms with Crippen LogP contribution in [0, 0.1) is 6.57 Å². The number of nitrogens with zero attached hydrogens (tertiary/aromatic N) is 5. The van der Waals surface area contributed by atoms with Gasteiger partial charge in [0.15, 0.2) is 0 Å². The molecule has 4 aromatic rings. The first-order valence-corrected chi connectivity index (χ1v) is 13.3. The summed E-state index contributed by atoms with van der Waals surface area (Å²) in [6.45, 7) is 14.1. The molecule has 10 nitrogen and oxygen atoms in total. The van der Waals surface area contributed by atoms with E-state index in [1.54, 1.807) is 36.8 Å². The summed E-state index contributed by atoms with van der Waals surface area (Å²) in [6.07, 6.45) is 0. The van der Waals surface area contributed by atoms with Gasteiger partial charge in [-0.05, 0) is 47.5 Å². The minimum Gasteiger partial charge on any atom is -0.461 e. The number of urea groups is 1. The molecule has 0 radical (unpaired) electrons. The average Bonchev–Trinajstić information content (AvgIpc) is 3.34. The van der Waals surface area contributed by atoms with Crippen LogP contribution in [-0.4, -0.2) is 84.4 Å². The summed E-state index contributed by atoms with van der Waals surface area (Å²) >= 11 is 0.